The first-order chi connectivity index (χ1) is 7.98. The van der Waals surface area contributed by atoms with E-state index in [-0.39, 0.29) is 5.41 Å². The van der Waals surface area contributed by atoms with Crippen LogP contribution in [0, 0.1) is 5.41 Å². The van der Waals surface area contributed by atoms with E-state index in [1.807, 2.05) is 11.8 Å². The van der Waals surface area contributed by atoms with Crippen molar-refractivity contribution in [2.24, 2.45) is 5.41 Å². The van der Waals surface area contributed by atoms with Gasteiger partial charge in [-0.05, 0) is 25.5 Å². The molecule has 4 heteroatoms. The summed E-state index contributed by atoms with van der Waals surface area (Å²) in [6, 6.07) is 0.480. The van der Waals surface area contributed by atoms with Crippen molar-refractivity contribution in [3.63, 3.8) is 0 Å². The van der Waals surface area contributed by atoms with E-state index in [0.29, 0.717) is 12.1 Å². The molecule has 0 spiro atoms. The van der Waals surface area contributed by atoms with E-state index in [9.17, 15) is 5.11 Å². The fourth-order valence-electron chi connectivity index (χ4n) is 2.76. The number of aliphatic hydroxyl groups is 1. The first-order valence-corrected chi connectivity index (χ1v) is 7.78. The molecule has 0 unspecified atom stereocenters. The van der Waals surface area contributed by atoms with Crippen LogP contribution in [0.1, 0.15) is 33.6 Å². The molecule has 1 saturated heterocycles. The van der Waals surface area contributed by atoms with Crippen molar-refractivity contribution >= 4 is 11.8 Å². The largest absolute Gasteiger partial charge is 0.388 e. The molecule has 1 saturated carbocycles. The minimum absolute atomic E-state index is 0.193. The van der Waals surface area contributed by atoms with Crippen LogP contribution in [0.15, 0.2) is 0 Å². The van der Waals surface area contributed by atoms with Crippen LogP contribution < -0.4 is 5.32 Å². The molecule has 2 N–H and O–H groups in total. The van der Waals surface area contributed by atoms with Gasteiger partial charge < -0.3 is 15.2 Å². The van der Waals surface area contributed by atoms with Gasteiger partial charge in [0.05, 0.1) is 11.7 Å². The van der Waals surface area contributed by atoms with Gasteiger partial charge in [-0.2, -0.15) is 11.8 Å². The van der Waals surface area contributed by atoms with Gasteiger partial charge in [-0.3, -0.25) is 0 Å². The van der Waals surface area contributed by atoms with Crippen LogP contribution in [-0.4, -0.2) is 47.5 Å². The van der Waals surface area contributed by atoms with Crippen LogP contribution in [0.25, 0.3) is 0 Å². The molecule has 100 valence electrons. The van der Waals surface area contributed by atoms with Gasteiger partial charge in [0, 0.05) is 30.4 Å². The standard InChI is InChI=1S/C13H25NO2S/c1-4-16-11-7-10(12(11,2)3)14-8-13(15)5-6-17-9-13/h10-11,14-15H,4-9H2,1-3H3/t10-,11+,13-/m0/s1. The molecule has 1 heterocycles. The summed E-state index contributed by atoms with van der Waals surface area (Å²) in [5.74, 6) is 1.97. The smallest absolute Gasteiger partial charge is 0.0869 e. The lowest BCUT2D eigenvalue weighted by atomic mass is 9.64. The summed E-state index contributed by atoms with van der Waals surface area (Å²) < 4.78 is 5.71. The summed E-state index contributed by atoms with van der Waals surface area (Å²) in [5, 5.41) is 13.8. The van der Waals surface area contributed by atoms with Gasteiger partial charge >= 0.3 is 0 Å². The van der Waals surface area contributed by atoms with E-state index >= 15 is 0 Å². The van der Waals surface area contributed by atoms with E-state index < -0.39 is 5.60 Å². The summed E-state index contributed by atoms with van der Waals surface area (Å²) in [6.07, 6.45) is 2.37. The first kappa shape index (κ1) is 13.7. The summed E-state index contributed by atoms with van der Waals surface area (Å²) in [4.78, 5) is 0. The van der Waals surface area contributed by atoms with Crippen molar-refractivity contribution < 1.29 is 9.84 Å². The van der Waals surface area contributed by atoms with Crippen LogP contribution >= 0.6 is 11.8 Å². The highest BCUT2D eigenvalue weighted by Gasteiger charge is 2.49. The Morgan fingerprint density at radius 3 is 2.76 bits per heavy atom. The van der Waals surface area contributed by atoms with Crippen molar-refractivity contribution in [2.45, 2.75) is 51.4 Å². The van der Waals surface area contributed by atoms with Gasteiger partial charge in [0.15, 0.2) is 0 Å². The maximum atomic E-state index is 10.3. The van der Waals surface area contributed by atoms with Crippen molar-refractivity contribution in [2.75, 3.05) is 24.7 Å². The molecule has 0 bridgehead atoms. The van der Waals surface area contributed by atoms with Crippen molar-refractivity contribution in [1.29, 1.82) is 0 Å². The molecule has 2 fully saturated rings. The minimum atomic E-state index is -0.475. The molecule has 0 amide bonds. The summed E-state index contributed by atoms with van der Waals surface area (Å²) in [7, 11) is 0. The lowest BCUT2D eigenvalue weighted by molar-refractivity contribution is -0.117. The monoisotopic (exact) mass is 259 g/mol. The predicted molar refractivity (Wildman–Crippen MR) is 72.5 cm³/mol. The molecule has 1 aliphatic heterocycles. The Morgan fingerprint density at radius 2 is 2.24 bits per heavy atom. The van der Waals surface area contributed by atoms with Gasteiger partial charge in [-0.25, -0.2) is 0 Å². The second-order valence-corrected chi connectivity index (χ2v) is 7.07. The number of hydrogen-bond acceptors (Lipinski definition) is 4. The molecule has 0 radical (unpaired) electrons. The molecule has 3 atom stereocenters. The minimum Gasteiger partial charge on any atom is -0.388 e. The Hall–Kier alpha value is 0.230. The Labute approximate surface area is 109 Å². The molecule has 2 rings (SSSR count). The van der Waals surface area contributed by atoms with E-state index in [0.717, 1.165) is 37.5 Å². The second-order valence-electron chi connectivity index (χ2n) is 5.96. The van der Waals surface area contributed by atoms with Crippen LogP contribution in [0.5, 0.6) is 0 Å². The zero-order valence-corrected chi connectivity index (χ0v) is 12.0. The lowest BCUT2D eigenvalue weighted by Gasteiger charge is -2.52. The van der Waals surface area contributed by atoms with Crippen molar-refractivity contribution in [3.05, 3.63) is 0 Å². The number of nitrogens with one attached hydrogen (secondary N) is 1. The second kappa shape index (κ2) is 5.08. The van der Waals surface area contributed by atoms with Crippen LogP contribution in [0.3, 0.4) is 0 Å². The number of rotatable bonds is 5. The third kappa shape index (κ3) is 2.80. The third-order valence-electron chi connectivity index (χ3n) is 4.31. The zero-order valence-electron chi connectivity index (χ0n) is 11.2. The highest BCUT2D eigenvalue weighted by molar-refractivity contribution is 7.99. The van der Waals surface area contributed by atoms with Gasteiger partial charge in [0.25, 0.3) is 0 Å². The molecule has 3 nitrogen and oxygen atoms in total. The maximum Gasteiger partial charge on any atom is 0.0869 e. The van der Waals surface area contributed by atoms with Crippen LogP contribution in [0.2, 0.25) is 0 Å². The van der Waals surface area contributed by atoms with E-state index in [1.54, 1.807) is 0 Å². The Kier molecular flexibility index (Phi) is 4.08. The Morgan fingerprint density at radius 1 is 1.47 bits per heavy atom. The summed E-state index contributed by atoms with van der Waals surface area (Å²) >= 11 is 1.85. The zero-order chi connectivity index (χ0) is 12.5. The molecule has 1 aliphatic carbocycles. The summed E-state index contributed by atoms with van der Waals surface area (Å²) in [5.41, 5.74) is -0.282. The van der Waals surface area contributed by atoms with Crippen molar-refractivity contribution in [1.82, 2.24) is 5.32 Å². The molecule has 0 aromatic carbocycles. The van der Waals surface area contributed by atoms with Crippen LogP contribution in [0.4, 0.5) is 0 Å². The van der Waals surface area contributed by atoms with Gasteiger partial charge in [-0.1, -0.05) is 13.8 Å². The fourth-order valence-corrected chi connectivity index (χ4v) is 4.06. The predicted octanol–water partition coefficient (Wildman–Crippen LogP) is 1.65. The summed E-state index contributed by atoms with van der Waals surface area (Å²) in [6.45, 7) is 8.08. The van der Waals surface area contributed by atoms with E-state index in [4.69, 9.17) is 4.74 Å². The molecule has 0 aromatic heterocycles. The van der Waals surface area contributed by atoms with Crippen molar-refractivity contribution in [3.8, 4) is 0 Å². The number of hydrogen-bond donors (Lipinski definition) is 2. The number of thioether (sulfide) groups is 1. The third-order valence-corrected chi connectivity index (χ3v) is 5.54. The number of ether oxygens (including phenoxy) is 1. The topological polar surface area (TPSA) is 41.5 Å². The first-order valence-electron chi connectivity index (χ1n) is 6.63. The highest BCUT2D eigenvalue weighted by atomic mass is 32.2. The Bertz CT molecular complexity index is 264. The van der Waals surface area contributed by atoms with Gasteiger partial charge in [0.1, 0.15) is 0 Å². The van der Waals surface area contributed by atoms with Gasteiger partial charge in [0.2, 0.25) is 0 Å². The Balaban J connectivity index is 1.78. The van der Waals surface area contributed by atoms with E-state index in [2.05, 4.69) is 26.1 Å². The highest BCUT2D eigenvalue weighted by Crippen LogP contribution is 2.43. The molecular formula is C13H25NO2S. The molecule has 2 aliphatic rings. The average Bonchev–Trinajstić information content (AvgIpc) is 2.70. The maximum absolute atomic E-state index is 10.3. The van der Waals surface area contributed by atoms with Gasteiger partial charge in [-0.15, -0.1) is 0 Å². The van der Waals surface area contributed by atoms with E-state index in [1.165, 1.54) is 0 Å². The fraction of sp³-hybridized carbons (Fsp3) is 1.00. The molecular weight excluding hydrogens is 234 g/mol. The van der Waals surface area contributed by atoms with Crippen LogP contribution in [-0.2, 0) is 4.74 Å². The lowest BCUT2D eigenvalue weighted by Crippen LogP contribution is -2.62. The SMILES string of the molecule is CCO[C@@H]1C[C@H](NC[C@@]2(O)CCSC2)C1(C)C. The molecule has 0 aromatic rings. The average molecular weight is 259 g/mol. The molecule has 17 heavy (non-hydrogen) atoms. The normalized spacial score (nSPS) is 40.2. The quantitative estimate of drug-likeness (QED) is 0.788.